The van der Waals surface area contributed by atoms with Gasteiger partial charge in [-0.25, -0.2) is 4.39 Å². The Morgan fingerprint density at radius 2 is 1.76 bits per heavy atom. The van der Waals surface area contributed by atoms with E-state index in [2.05, 4.69) is 0 Å². The number of aliphatic hydroxyl groups is 1. The Balaban J connectivity index is 2.15. The molecule has 0 saturated carbocycles. The van der Waals surface area contributed by atoms with Gasteiger partial charge in [0, 0.05) is 0 Å². The molecular weight excluding hydrogens is 271 g/mol. The Labute approximate surface area is 124 Å². The smallest absolute Gasteiger partial charge is 0.165 e. The summed E-state index contributed by atoms with van der Waals surface area (Å²) in [4.78, 5) is 0. The lowest BCUT2D eigenvalue weighted by Gasteiger charge is -2.13. The van der Waals surface area contributed by atoms with Crippen LogP contribution in [0.25, 0.3) is 0 Å². The minimum Gasteiger partial charge on any atom is -0.494 e. The highest BCUT2D eigenvalue weighted by Crippen LogP contribution is 2.27. The molecule has 1 atom stereocenters. The molecule has 2 aromatic carbocycles. The summed E-state index contributed by atoms with van der Waals surface area (Å²) in [6, 6.07) is 11.6. The highest BCUT2D eigenvalue weighted by atomic mass is 19.1. The molecule has 0 fully saturated rings. The average Bonchev–Trinajstić information content (AvgIpc) is 2.52. The molecule has 1 N–H and O–H groups in total. The molecule has 0 amide bonds. The molecule has 21 heavy (non-hydrogen) atoms. The standard InChI is InChI=1S/C17H19FO3/c1-3-10-21-14-7-4-12(5-8-14)17(19)13-6-9-16(20-2)15(18)11-13/h4-9,11,17,19H,3,10H2,1-2H3. The van der Waals surface area contributed by atoms with Gasteiger partial charge in [-0.3, -0.25) is 0 Å². The first-order valence-electron chi connectivity index (χ1n) is 6.90. The third-order valence-electron chi connectivity index (χ3n) is 3.16. The van der Waals surface area contributed by atoms with Crippen molar-refractivity contribution in [1.29, 1.82) is 0 Å². The highest BCUT2D eigenvalue weighted by molar-refractivity contribution is 5.37. The second-order valence-corrected chi connectivity index (χ2v) is 4.71. The first-order valence-corrected chi connectivity index (χ1v) is 6.90. The molecule has 1 unspecified atom stereocenters. The lowest BCUT2D eigenvalue weighted by molar-refractivity contribution is 0.219. The van der Waals surface area contributed by atoms with E-state index in [1.807, 2.05) is 6.92 Å². The summed E-state index contributed by atoms with van der Waals surface area (Å²) in [6.07, 6.45) is 0.0563. The van der Waals surface area contributed by atoms with E-state index in [0.717, 1.165) is 12.2 Å². The van der Waals surface area contributed by atoms with Crippen LogP contribution in [0.15, 0.2) is 42.5 Å². The molecule has 0 heterocycles. The molecule has 0 radical (unpaired) electrons. The quantitative estimate of drug-likeness (QED) is 0.881. The van der Waals surface area contributed by atoms with Crippen LogP contribution in [0.1, 0.15) is 30.6 Å². The minimum absolute atomic E-state index is 0.161. The van der Waals surface area contributed by atoms with Crippen LogP contribution in [0.3, 0.4) is 0 Å². The molecule has 2 rings (SSSR count). The summed E-state index contributed by atoms with van der Waals surface area (Å²) >= 11 is 0. The van der Waals surface area contributed by atoms with Gasteiger partial charge < -0.3 is 14.6 Å². The van der Waals surface area contributed by atoms with Gasteiger partial charge in [-0.1, -0.05) is 25.1 Å². The van der Waals surface area contributed by atoms with Gasteiger partial charge in [-0.15, -0.1) is 0 Å². The van der Waals surface area contributed by atoms with E-state index < -0.39 is 11.9 Å². The van der Waals surface area contributed by atoms with Crippen LogP contribution < -0.4 is 9.47 Å². The number of aliphatic hydroxyl groups excluding tert-OH is 1. The second kappa shape index (κ2) is 7.09. The number of ether oxygens (including phenoxy) is 2. The van der Waals surface area contributed by atoms with Crippen molar-refractivity contribution < 1.29 is 19.0 Å². The summed E-state index contributed by atoms with van der Waals surface area (Å²) in [6.45, 7) is 2.70. The first-order chi connectivity index (χ1) is 10.2. The Morgan fingerprint density at radius 3 is 2.33 bits per heavy atom. The summed E-state index contributed by atoms with van der Waals surface area (Å²) in [5, 5.41) is 10.3. The Kier molecular flexibility index (Phi) is 5.17. The van der Waals surface area contributed by atoms with E-state index in [1.165, 1.54) is 19.2 Å². The van der Waals surface area contributed by atoms with E-state index in [1.54, 1.807) is 30.3 Å². The van der Waals surface area contributed by atoms with E-state index in [-0.39, 0.29) is 5.75 Å². The zero-order chi connectivity index (χ0) is 15.2. The van der Waals surface area contributed by atoms with Crippen molar-refractivity contribution in [3.05, 3.63) is 59.4 Å². The number of rotatable bonds is 6. The van der Waals surface area contributed by atoms with Crippen LogP contribution in [0.2, 0.25) is 0 Å². The summed E-state index contributed by atoms with van der Waals surface area (Å²) < 4.78 is 24.0. The van der Waals surface area contributed by atoms with E-state index in [4.69, 9.17) is 9.47 Å². The molecule has 0 saturated heterocycles. The van der Waals surface area contributed by atoms with E-state index in [9.17, 15) is 9.50 Å². The van der Waals surface area contributed by atoms with Crippen LogP contribution >= 0.6 is 0 Å². The van der Waals surface area contributed by atoms with Crippen molar-refractivity contribution in [2.24, 2.45) is 0 Å². The van der Waals surface area contributed by atoms with Crippen LogP contribution in [-0.2, 0) is 0 Å². The number of benzene rings is 2. The van der Waals surface area contributed by atoms with Crippen LogP contribution in [0.4, 0.5) is 4.39 Å². The highest BCUT2D eigenvalue weighted by Gasteiger charge is 2.13. The van der Waals surface area contributed by atoms with Crippen molar-refractivity contribution in [1.82, 2.24) is 0 Å². The van der Waals surface area contributed by atoms with E-state index >= 15 is 0 Å². The predicted molar refractivity (Wildman–Crippen MR) is 79.2 cm³/mol. The molecule has 0 aliphatic rings. The summed E-state index contributed by atoms with van der Waals surface area (Å²) in [5.41, 5.74) is 1.17. The van der Waals surface area contributed by atoms with Crippen molar-refractivity contribution in [2.45, 2.75) is 19.4 Å². The normalized spacial score (nSPS) is 12.0. The zero-order valence-corrected chi connectivity index (χ0v) is 12.2. The maximum absolute atomic E-state index is 13.7. The Morgan fingerprint density at radius 1 is 1.10 bits per heavy atom. The fraction of sp³-hybridized carbons (Fsp3) is 0.294. The van der Waals surface area contributed by atoms with Gasteiger partial charge in [0.05, 0.1) is 13.7 Å². The maximum atomic E-state index is 13.7. The van der Waals surface area contributed by atoms with Gasteiger partial charge >= 0.3 is 0 Å². The van der Waals surface area contributed by atoms with Gasteiger partial charge in [0.25, 0.3) is 0 Å². The molecule has 0 aliphatic heterocycles. The topological polar surface area (TPSA) is 38.7 Å². The average molecular weight is 290 g/mol. The second-order valence-electron chi connectivity index (χ2n) is 4.71. The van der Waals surface area contributed by atoms with Crippen molar-refractivity contribution in [3.63, 3.8) is 0 Å². The van der Waals surface area contributed by atoms with Crippen LogP contribution in [-0.4, -0.2) is 18.8 Å². The SMILES string of the molecule is CCCOc1ccc(C(O)c2ccc(OC)c(F)c2)cc1. The lowest BCUT2D eigenvalue weighted by Crippen LogP contribution is -2.01. The molecule has 2 aromatic rings. The molecule has 0 spiro atoms. The summed E-state index contributed by atoms with van der Waals surface area (Å²) in [5.74, 6) is 0.430. The van der Waals surface area contributed by atoms with Gasteiger partial charge in [-0.2, -0.15) is 0 Å². The minimum atomic E-state index is -0.884. The first kappa shape index (κ1) is 15.3. The van der Waals surface area contributed by atoms with Crippen molar-refractivity contribution in [2.75, 3.05) is 13.7 Å². The van der Waals surface area contributed by atoms with Crippen LogP contribution in [0, 0.1) is 5.82 Å². The number of halogens is 1. The molecular formula is C17H19FO3. The zero-order valence-electron chi connectivity index (χ0n) is 12.2. The lowest BCUT2D eigenvalue weighted by atomic mass is 10.0. The number of hydrogen-bond acceptors (Lipinski definition) is 3. The van der Waals surface area contributed by atoms with Crippen molar-refractivity contribution >= 4 is 0 Å². The molecule has 0 aliphatic carbocycles. The molecule has 0 aromatic heterocycles. The van der Waals surface area contributed by atoms with Crippen LogP contribution in [0.5, 0.6) is 11.5 Å². The summed E-state index contributed by atoms with van der Waals surface area (Å²) in [7, 11) is 1.41. The van der Waals surface area contributed by atoms with Gasteiger partial charge in [0.2, 0.25) is 0 Å². The van der Waals surface area contributed by atoms with Gasteiger partial charge in [0.1, 0.15) is 11.9 Å². The largest absolute Gasteiger partial charge is 0.494 e. The van der Waals surface area contributed by atoms with E-state index in [0.29, 0.717) is 17.7 Å². The number of methoxy groups -OCH3 is 1. The Hall–Kier alpha value is -2.07. The fourth-order valence-corrected chi connectivity index (χ4v) is 2.01. The molecule has 4 heteroatoms. The van der Waals surface area contributed by atoms with Crippen molar-refractivity contribution in [3.8, 4) is 11.5 Å². The predicted octanol–water partition coefficient (Wildman–Crippen LogP) is 3.70. The molecule has 3 nitrogen and oxygen atoms in total. The number of hydrogen-bond donors (Lipinski definition) is 1. The third-order valence-corrected chi connectivity index (χ3v) is 3.16. The fourth-order valence-electron chi connectivity index (χ4n) is 2.01. The monoisotopic (exact) mass is 290 g/mol. The Bertz CT molecular complexity index is 581. The van der Waals surface area contributed by atoms with Gasteiger partial charge in [0.15, 0.2) is 11.6 Å². The molecule has 0 bridgehead atoms. The molecule has 112 valence electrons. The van der Waals surface area contributed by atoms with Gasteiger partial charge in [-0.05, 0) is 41.8 Å². The third kappa shape index (κ3) is 3.73. The maximum Gasteiger partial charge on any atom is 0.165 e.